The van der Waals surface area contributed by atoms with Gasteiger partial charge in [0.2, 0.25) is 0 Å². The van der Waals surface area contributed by atoms with Crippen LogP contribution in [0.15, 0.2) is 0 Å². The fraction of sp³-hybridized carbons (Fsp3) is 0.800. The van der Waals surface area contributed by atoms with Crippen LogP contribution in [0.25, 0.3) is 0 Å². The molecule has 10 heavy (non-hydrogen) atoms. The Balaban J connectivity index is 4.76. The first-order valence-corrected chi connectivity index (χ1v) is 5.41. The number of hydrogen-bond acceptors (Lipinski definition) is 2. The van der Waals surface area contributed by atoms with Gasteiger partial charge in [0, 0.05) is 10.2 Å². The Morgan fingerprint density at radius 2 is 1.80 bits per heavy atom. The second-order valence-electron chi connectivity index (χ2n) is 2.99. The van der Waals surface area contributed by atoms with Crippen molar-refractivity contribution in [2.75, 3.05) is 0 Å². The molecule has 0 aromatic rings. The summed E-state index contributed by atoms with van der Waals surface area (Å²) in [4.78, 5) is 0. The molecule has 0 spiro atoms. The van der Waals surface area contributed by atoms with Crippen LogP contribution in [0.3, 0.4) is 0 Å². The van der Waals surface area contributed by atoms with E-state index in [4.69, 9.17) is 4.55 Å². The minimum Gasteiger partial charge on any atom is -0.285 e. The lowest BCUT2D eigenvalue weighted by Crippen LogP contribution is -2.39. The molecule has 0 aromatic carbocycles. The molecular weight excluding hydrogens is 168 g/mol. The standard InChI is InChI=1S/C5H13O3SSi/c1-4(2)5(3,10)9(6,7)8/h1-3,10H3,(H,6,7,8). The van der Waals surface area contributed by atoms with Gasteiger partial charge in [0.25, 0.3) is 10.1 Å². The summed E-state index contributed by atoms with van der Waals surface area (Å²) in [7, 11) is -3.46. The summed E-state index contributed by atoms with van der Waals surface area (Å²) in [5.74, 6) is 0.738. The van der Waals surface area contributed by atoms with Gasteiger partial charge < -0.3 is 0 Å². The van der Waals surface area contributed by atoms with E-state index in [2.05, 4.69) is 0 Å². The molecule has 61 valence electrons. The molecule has 0 aliphatic carbocycles. The molecule has 0 aromatic heterocycles. The van der Waals surface area contributed by atoms with Crippen molar-refractivity contribution >= 4 is 20.4 Å². The second kappa shape index (κ2) is 2.63. The van der Waals surface area contributed by atoms with E-state index in [0.717, 1.165) is 5.92 Å². The van der Waals surface area contributed by atoms with E-state index in [1.54, 1.807) is 13.8 Å². The molecule has 0 bridgehead atoms. The Hall–Kier alpha value is 0.127. The highest BCUT2D eigenvalue weighted by molar-refractivity contribution is 7.88. The summed E-state index contributed by atoms with van der Waals surface area (Å²) in [6, 6.07) is 0. The molecule has 1 N–H and O–H groups in total. The molecule has 0 heterocycles. The lowest BCUT2D eigenvalue weighted by atomic mass is 10.1. The zero-order valence-corrected chi connectivity index (χ0v) is 9.49. The van der Waals surface area contributed by atoms with Crippen LogP contribution in [-0.2, 0) is 10.1 Å². The first-order valence-electron chi connectivity index (χ1n) is 2.97. The van der Waals surface area contributed by atoms with Crippen LogP contribution in [0.2, 0.25) is 0 Å². The maximum absolute atomic E-state index is 10.7. The Labute approximate surface area is 65.0 Å². The zero-order chi connectivity index (χ0) is 8.58. The van der Waals surface area contributed by atoms with Crippen LogP contribution in [0, 0.1) is 5.92 Å². The van der Waals surface area contributed by atoms with Crippen molar-refractivity contribution in [3.63, 3.8) is 0 Å². The van der Waals surface area contributed by atoms with Crippen molar-refractivity contribution in [1.82, 2.24) is 0 Å². The first-order chi connectivity index (χ1) is 4.19. The molecule has 0 fully saturated rings. The van der Waals surface area contributed by atoms with Gasteiger partial charge in [-0.1, -0.05) is 13.8 Å². The molecule has 0 aliphatic rings. The Bertz CT molecular complexity index is 205. The predicted octanol–water partition coefficient (Wildman–Crippen LogP) is -0.430. The Morgan fingerprint density at radius 1 is 1.50 bits per heavy atom. The smallest absolute Gasteiger partial charge is 0.267 e. The van der Waals surface area contributed by atoms with Gasteiger partial charge in [0.1, 0.15) is 0 Å². The summed E-state index contributed by atoms with van der Waals surface area (Å²) < 4.78 is 29.1. The largest absolute Gasteiger partial charge is 0.285 e. The van der Waals surface area contributed by atoms with Crippen LogP contribution in [0.4, 0.5) is 0 Å². The quantitative estimate of drug-likeness (QED) is 0.464. The van der Waals surface area contributed by atoms with Gasteiger partial charge in [-0.15, -0.1) is 0 Å². The van der Waals surface area contributed by atoms with E-state index in [0.29, 0.717) is 10.2 Å². The molecule has 5 heteroatoms. The molecule has 1 unspecified atom stereocenters. The van der Waals surface area contributed by atoms with Gasteiger partial charge in [-0.2, -0.15) is 8.42 Å². The molecule has 0 saturated carbocycles. The molecular formula is C5H13O3SSi. The van der Waals surface area contributed by atoms with Gasteiger partial charge in [-0.3, -0.25) is 4.55 Å². The van der Waals surface area contributed by atoms with Crippen molar-refractivity contribution in [1.29, 1.82) is 0 Å². The minimum atomic E-state index is -3.88. The molecule has 3 nitrogen and oxygen atoms in total. The zero-order valence-electron chi connectivity index (χ0n) is 6.67. The normalized spacial score (nSPS) is 19.3. The second-order valence-corrected chi connectivity index (χ2v) is 7.68. The van der Waals surface area contributed by atoms with Crippen LogP contribution < -0.4 is 0 Å². The molecule has 0 aliphatic heterocycles. The highest BCUT2D eigenvalue weighted by Gasteiger charge is 2.35. The summed E-state index contributed by atoms with van der Waals surface area (Å²) in [5, 5.41) is 0. The fourth-order valence-corrected chi connectivity index (χ4v) is 0.774. The topological polar surface area (TPSA) is 54.4 Å². The van der Waals surface area contributed by atoms with Gasteiger partial charge >= 0.3 is 0 Å². The van der Waals surface area contributed by atoms with Gasteiger partial charge in [-0.05, 0) is 12.8 Å². The molecule has 0 amide bonds. The van der Waals surface area contributed by atoms with Gasteiger partial charge in [0.05, 0.1) is 4.37 Å². The van der Waals surface area contributed by atoms with Crippen LogP contribution in [0.5, 0.6) is 0 Å². The summed E-state index contributed by atoms with van der Waals surface area (Å²) in [6.45, 7) is 4.95. The highest BCUT2D eigenvalue weighted by Crippen LogP contribution is 2.22. The van der Waals surface area contributed by atoms with E-state index in [1.165, 1.54) is 6.92 Å². The fourth-order valence-electron chi connectivity index (χ4n) is 0.258. The van der Waals surface area contributed by atoms with Crippen molar-refractivity contribution in [3.05, 3.63) is 5.92 Å². The predicted molar refractivity (Wildman–Crippen MR) is 44.5 cm³/mol. The number of hydrogen-bond donors (Lipinski definition) is 1. The maximum atomic E-state index is 10.7. The van der Waals surface area contributed by atoms with Crippen molar-refractivity contribution in [2.45, 2.75) is 25.1 Å². The SMILES string of the molecule is C[C](C)C(C)([SiH3])S(=O)(=O)O. The summed E-state index contributed by atoms with van der Waals surface area (Å²) in [5.41, 5.74) is 0. The third kappa shape index (κ3) is 1.80. The molecule has 0 saturated heterocycles. The van der Waals surface area contributed by atoms with E-state index >= 15 is 0 Å². The van der Waals surface area contributed by atoms with E-state index in [1.807, 2.05) is 0 Å². The molecule has 0 rings (SSSR count). The number of rotatable bonds is 2. The minimum absolute atomic E-state index is 0.417. The first kappa shape index (κ1) is 10.1. The van der Waals surface area contributed by atoms with E-state index in [9.17, 15) is 8.42 Å². The molecule has 1 radical (unpaired) electrons. The Kier molecular flexibility index (Phi) is 2.67. The monoisotopic (exact) mass is 181 g/mol. The lowest BCUT2D eigenvalue weighted by molar-refractivity contribution is 0.464. The average molecular weight is 181 g/mol. The lowest BCUT2D eigenvalue weighted by Gasteiger charge is -2.24. The van der Waals surface area contributed by atoms with Gasteiger partial charge in [0.15, 0.2) is 0 Å². The summed E-state index contributed by atoms with van der Waals surface area (Å²) >= 11 is 0. The highest BCUT2D eigenvalue weighted by atomic mass is 32.2. The van der Waals surface area contributed by atoms with Crippen LogP contribution in [-0.4, -0.2) is 27.6 Å². The van der Waals surface area contributed by atoms with Crippen molar-refractivity contribution < 1.29 is 13.0 Å². The Morgan fingerprint density at radius 3 is 1.80 bits per heavy atom. The maximum Gasteiger partial charge on any atom is 0.267 e. The summed E-state index contributed by atoms with van der Waals surface area (Å²) in [6.07, 6.45) is 0. The van der Waals surface area contributed by atoms with E-state index < -0.39 is 14.5 Å². The van der Waals surface area contributed by atoms with E-state index in [-0.39, 0.29) is 0 Å². The molecule has 1 atom stereocenters. The van der Waals surface area contributed by atoms with Gasteiger partial charge in [-0.25, -0.2) is 0 Å². The van der Waals surface area contributed by atoms with Crippen molar-refractivity contribution in [2.24, 2.45) is 0 Å². The van der Waals surface area contributed by atoms with Crippen molar-refractivity contribution in [3.8, 4) is 0 Å². The third-order valence-corrected chi connectivity index (χ3v) is 6.09. The third-order valence-electron chi connectivity index (χ3n) is 1.85. The van der Waals surface area contributed by atoms with Crippen LogP contribution >= 0.6 is 0 Å². The van der Waals surface area contributed by atoms with Crippen LogP contribution in [0.1, 0.15) is 20.8 Å². The average Bonchev–Trinajstić information content (AvgIpc) is 1.62.